The van der Waals surface area contributed by atoms with Crippen molar-refractivity contribution in [2.75, 3.05) is 12.4 Å². The van der Waals surface area contributed by atoms with Crippen LogP contribution in [0.3, 0.4) is 0 Å². The first kappa shape index (κ1) is 13.8. The highest BCUT2D eigenvalue weighted by atomic mass is 16.5. The largest absolute Gasteiger partial charge is 0.469 e. The molecule has 1 aromatic carbocycles. The summed E-state index contributed by atoms with van der Waals surface area (Å²) in [6.45, 7) is 0. The van der Waals surface area contributed by atoms with E-state index in [4.69, 9.17) is 0 Å². The second-order valence-corrected chi connectivity index (χ2v) is 4.12. The molecular weight excluding hydrogens is 258 g/mol. The van der Waals surface area contributed by atoms with Gasteiger partial charge in [-0.25, -0.2) is 4.68 Å². The second kappa shape index (κ2) is 6.51. The number of hydrogen-bond donors (Lipinski definition) is 1. The number of anilines is 1. The molecule has 0 atom stereocenters. The molecule has 0 saturated heterocycles. The molecule has 0 aliphatic heterocycles. The first-order chi connectivity index (χ1) is 9.69. The highest BCUT2D eigenvalue weighted by Crippen LogP contribution is 2.13. The summed E-state index contributed by atoms with van der Waals surface area (Å²) in [4.78, 5) is 22.5. The summed E-state index contributed by atoms with van der Waals surface area (Å²) in [6.07, 6.45) is 3.72. The van der Waals surface area contributed by atoms with Crippen LogP contribution >= 0.6 is 0 Å². The Morgan fingerprint density at radius 1 is 1.25 bits per heavy atom. The number of hydrogen-bond acceptors (Lipinski definition) is 4. The third-order valence-electron chi connectivity index (χ3n) is 2.70. The molecule has 6 heteroatoms. The molecule has 0 aliphatic carbocycles. The molecule has 0 radical (unpaired) electrons. The standard InChI is InChI=1S/C14H15N3O3/c1-20-14(19)8-7-13(18)16-11-3-5-12(6-4-11)17-10-2-9-15-17/h2-6,9-10H,7-8H2,1H3,(H,16,18). The van der Waals surface area contributed by atoms with Gasteiger partial charge in [0.15, 0.2) is 0 Å². The van der Waals surface area contributed by atoms with Crippen molar-refractivity contribution in [1.29, 1.82) is 0 Å². The second-order valence-electron chi connectivity index (χ2n) is 4.12. The van der Waals surface area contributed by atoms with Crippen molar-refractivity contribution in [3.8, 4) is 5.69 Å². The number of aromatic nitrogens is 2. The number of nitrogens with one attached hydrogen (secondary N) is 1. The number of methoxy groups -OCH3 is 1. The van der Waals surface area contributed by atoms with E-state index in [1.807, 2.05) is 24.4 Å². The number of carbonyl (C=O) groups excluding carboxylic acids is 2. The van der Waals surface area contributed by atoms with Gasteiger partial charge in [-0.2, -0.15) is 5.10 Å². The Bertz CT molecular complexity index is 576. The Morgan fingerprint density at radius 2 is 2.00 bits per heavy atom. The fourth-order valence-electron chi connectivity index (χ4n) is 1.66. The van der Waals surface area contributed by atoms with E-state index in [-0.39, 0.29) is 18.7 Å². The topological polar surface area (TPSA) is 73.2 Å². The Balaban J connectivity index is 1.90. The van der Waals surface area contributed by atoms with Crippen molar-refractivity contribution < 1.29 is 14.3 Å². The van der Waals surface area contributed by atoms with Crippen LogP contribution in [0, 0.1) is 0 Å². The Labute approximate surface area is 116 Å². The van der Waals surface area contributed by atoms with Crippen LogP contribution in [0.4, 0.5) is 5.69 Å². The quantitative estimate of drug-likeness (QED) is 0.842. The number of rotatable bonds is 5. The van der Waals surface area contributed by atoms with Crippen LogP contribution in [0.2, 0.25) is 0 Å². The first-order valence-electron chi connectivity index (χ1n) is 6.16. The summed E-state index contributed by atoms with van der Waals surface area (Å²) in [7, 11) is 1.30. The van der Waals surface area contributed by atoms with Gasteiger partial charge in [0.05, 0.1) is 19.2 Å². The van der Waals surface area contributed by atoms with E-state index in [1.165, 1.54) is 7.11 Å². The molecule has 1 aromatic heterocycles. The maximum atomic E-state index is 11.6. The highest BCUT2D eigenvalue weighted by molar-refractivity contribution is 5.92. The van der Waals surface area contributed by atoms with Gasteiger partial charge in [0.25, 0.3) is 0 Å². The summed E-state index contributed by atoms with van der Waals surface area (Å²) in [5.41, 5.74) is 1.58. The van der Waals surface area contributed by atoms with Gasteiger partial charge >= 0.3 is 5.97 Å². The van der Waals surface area contributed by atoms with Gasteiger partial charge in [-0.15, -0.1) is 0 Å². The Hall–Kier alpha value is -2.63. The molecule has 0 fully saturated rings. The average molecular weight is 273 g/mol. The van der Waals surface area contributed by atoms with Gasteiger partial charge in [0.1, 0.15) is 0 Å². The Morgan fingerprint density at radius 3 is 2.60 bits per heavy atom. The predicted molar refractivity (Wildman–Crippen MR) is 73.4 cm³/mol. The van der Waals surface area contributed by atoms with E-state index in [0.29, 0.717) is 5.69 Å². The Kier molecular flexibility index (Phi) is 4.49. The summed E-state index contributed by atoms with van der Waals surface area (Å²) in [5.74, 6) is -0.614. The molecule has 0 spiro atoms. The first-order valence-corrected chi connectivity index (χ1v) is 6.16. The van der Waals surface area contributed by atoms with Crippen LogP contribution in [-0.4, -0.2) is 28.8 Å². The maximum absolute atomic E-state index is 11.6. The third-order valence-corrected chi connectivity index (χ3v) is 2.70. The van der Waals surface area contributed by atoms with Crippen LogP contribution in [0.1, 0.15) is 12.8 Å². The van der Waals surface area contributed by atoms with E-state index < -0.39 is 5.97 Å². The molecule has 20 heavy (non-hydrogen) atoms. The maximum Gasteiger partial charge on any atom is 0.306 e. The minimum Gasteiger partial charge on any atom is -0.469 e. The van der Waals surface area contributed by atoms with E-state index >= 15 is 0 Å². The number of amides is 1. The van der Waals surface area contributed by atoms with Gasteiger partial charge < -0.3 is 10.1 Å². The zero-order chi connectivity index (χ0) is 14.4. The lowest BCUT2D eigenvalue weighted by molar-refractivity contribution is -0.141. The number of ether oxygens (including phenoxy) is 1. The average Bonchev–Trinajstić information content (AvgIpc) is 2.99. The van der Waals surface area contributed by atoms with Crippen LogP contribution in [-0.2, 0) is 14.3 Å². The van der Waals surface area contributed by atoms with Crippen molar-refractivity contribution in [3.05, 3.63) is 42.7 Å². The minimum atomic E-state index is -0.394. The fraction of sp³-hybridized carbons (Fsp3) is 0.214. The van der Waals surface area contributed by atoms with Crippen LogP contribution in [0.25, 0.3) is 5.69 Å². The summed E-state index contributed by atoms with van der Waals surface area (Å²) >= 11 is 0. The third kappa shape index (κ3) is 3.68. The number of benzene rings is 1. The van der Waals surface area contributed by atoms with Crippen LogP contribution in [0.5, 0.6) is 0 Å². The summed E-state index contributed by atoms with van der Waals surface area (Å²) < 4.78 is 6.20. The zero-order valence-electron chi connectivity index (χ0n) is 11.1. The van der Waals surface area contributed by atoms with Crippen LogP contribution in [0.15, 0.2) is 42.7 Å². The predicted octanol–water partition coefficient (Wildman–Crippen LogP) is 1.76. The van der Waals surface area contributed by atoms with Gasteiger partial charge in [-0.1, -0.05) is 0 Å². The van der Waals surface area contributed by atoms with E-state index in [2.05, 4.69) is 15.2 Å². The van der Waals surface area contributed by atoms with Gasteiger partial charge in [0, 0.05) is 24.5 Å². The molecular formula is C14H15N3O3. The lowest BCUT2D eigenvalue weighted by Crippen LogP contribution is -2.13. The molecule has 2 aromatic rings. The minimum absolute atomic E-state index is 0.0771. The van der Waals surface area contributed by atoms with E-state index in [0.717, 1.165) is 5.69 Å². The molecule has 1 amide bonds. The van der Waals surface area contributed by atoms with Crippen molar-refractivity contribution in [1.82, 2.24) is 9.78 Å². The molecule has 0 saturated carbocycles. The van der Waals surface area contributed by atoms with Crippen molar-refractivity contribution in [2.24, 2.45) is 0 Å². The summed E-state index contributed by atoms with van der Waals surface area (Å²) in [5, 5.41) is 6.83. The number of carbonyl (C=O) groups is 2. The van der Waals surface area contributed by atoms with Crippen molar-refractivity contribution in [3.63, 3.8) is 0 Å². The lowest BCUT2D eigenvalue weighted by atomic mass is 10.2. The molecule has 0 unspecified atom stereocenters. The SMILES string of the molecule is COC(=O)CCC(=O)Nc1ccc(-n2cccn2)cc1. The fourth-order valence-corrected chi connectivity index (χ4v) is 1.66. The number of nitrogens with zero attached hydrogens (tertiary/aromatic N) is 2. The van der Waals surface area contributed by atoms with Crippen LogP contribution < -0.4 is 5.32 Å². The molecule has 104 valence electrons. The van der Waals surface area contributed by atoms with E-state index in [9.17, 15) is 9.59 Å². The molecule has 2 rings (SSSR count). The normalized spacial score (nSPS) is 10.1. The van der Waals surface area contributed by atoms with Crippen molar-refractivity contribution in [2.45, 2.75) is 12.8 Å². The molecule has 6 nitrogen and oxygen atoms in total. The molecule has 1 N–H and O–H groups in total. The number of esters is 1. The molecule has 0 bridgehead atoms. The molecule has 0 aliphatic rings. The summed E-state index contributed by atoms with van der Waals surface area (Å²) in [6, 6.07) is 9.11. The van der Waals surface area contributed by atoms with Gasteiger partial charge in [-0.05, 0) is 30.3 Å². The highest BCUT2D eigenvalue weighted by Gasteiger charge is 2.07. The van der Waals surface area contributed by atoms with Gasteiger partial charge in [-0.3, -0.25) is 9.59 Å². The van der Waals surface area contributed by atoms with Gasteiger partial charge in [0.2, 0.25) is 5.91 Å². The molecule has 1 heterocycles. The van der Waals surface area contributed by atoms with E-state index in [1.54, 1.807) is 23.0 Å². The smallest absolute Gasteiger partial charge is 0.306 e. The lowest BCUT2D eigenvalue weighted by Gasteiger charge is -2.06. The monoisotopic (exact) mass is 273 g/mol. The van der Waals surface area contributed by atoms with Crippen molar-refractivity contribution >= 4 is 17.6 Å². The zero-order valence-corrected chi connectivity index (χ0v) is 11.1.